The molecule has 86 valence electrons. The number of aryl methyl sites for hydroxylation is 1. The van der Waals surface area contributed by atoms with Gasteiger partial charge in [0.1, 0.15) is 0 Å². The molecule has 0 fully saturated rings. The molecular weight excluding hydrogens is 243 g/mol. The van der Waals surface area contributed by atoms with Crippen LogP contribution in [0.4, 0.5) is 5.69 Å². The summed E-state index contributed by atoms with van der Waals surface area (Å²) < 4.78 is 0. The summed E-state index contributed by atoms with van der Waals surface area (Å²) in [6.45, 7) is 3.33. The highest BCUT2D eigenvalue weighted by atomic mass is 35.5. The van der Waals surface area contributed by atoms with Crippen molar-refractivity contribution in [2.45, 2.75) is 19.7 Å². The average Bonchev–Trinajstić information content (AvgIpc) is 2.04. The summed E-state index contributed by atoms with van der Waals surface area (Å²) >= 11 is 5.58. The number of alkyl halides is 1. The molecular formula is C8H12Cl2N2O3. The first-order valence-electron chi connectivity index (χ1n) is 3.73. The number of nitrogens with zero attached hydrogens (tertiary/aromatic N) is 2. The Bertz CT molecular complexity index is 358. The maximum Gasteiger partial charge on any atom is 0.278 e. The molecule has 0 unspecified atom stereocenters. The molecule has 1 aromatic rings. The summed E-state index contributed by atoms with van der Waals surface area (Å²) in [6, 6.07) is 0. The van der Waals surface area contributed by atoms with Crippen LogP contribution in [0.2, 0.25) is 0 Å². The van der Waals surface area contributed by atoms with Crippen molar-refractivity contribution in [3.63, 3.8) is 0 Å². The van der Waals surface area contributed by atoms with Crippen molar-refractivity contribution in [3.05, 3.63) is 33.1 Å². The summed E-state index contributed by atoms with van der Waals surface area (Å²) in [5.74, 6) is 0.201. The maximum atomic E-state index is 10.6. The maximum absolute atomic E-state index is 10.6. The van der Waals surface area contributed by atoms with Gasteiger partial charge in [0.25, 0.3) is 5.69 Å². The summed E-state index contributed by atoms with van der Waals surface area (Å²) in [5.41, 5.74) is 1.81. The zero-order valence-electron chi connectivity index (χ0n) is 8.28. The third kappa shape index (κ3) is 3.30. The topological polar surface area (TPSA) is 87.5 Å². The van der Waals surface area contributed by atoms with Crippen molar-refractivity contribution < 1.29 is 10.4 Å². The SMILES string of the molecule is Cc1cnc(CCl)c(C)c1[N+](=O)[O-].Cl.O. The standard InChI is InChI=1S/C8H9ClN2O2.ClH.H2O/c1-5-4-10-7(3-9)6(2)8(5)11(12)13;;/h4H,3H2,1-2H3;1H;1H2. The molecule has 0 aliphatic carbocycles. The van der Waals surface area contributed by atoms with Crippen molar-refractivity contribution in [3.8, 4) is 0 Å². The van der Waals surface area contributed by atoms with Crippen LogP contribution in [0.25, 0.3) is 0 Å². The molecule has 0 amide bonds. The Kier molecular flexibility index (Phi) is 7.21. The fourth-order valence-corrected chi connectivity index (χ4v) is 1.45. The van der Waals surface area contributed by atoms with E-state index in [4.69, 9.17) is 11.6 Å². The molecule has 1 rings (SSSR count). The second-order valence-corrected chi connectivity index (χ2v) is 3.02. The van der Waals surface area contributed by atoms with E-state index in [1.165, 1.54) is 6.20 Å². The molecule has 0 saturated heterocycles. The fourth-order valence-electron chi connectivity index (χ4n) is 1.18. The molecule has 0 aromatic carbocycles. The predicted octanol–water partition coefficient (Wildman–Crippen LogP) is 1.94. The third-order valence-corrected chi connectivity index (χ3v) is 2.14. The van der Waals surface area contributed by atoms with Gasteiger partial charge in [-0.3, -0.25) is 15.1 Å². The zero-order valence-corrected chi connectivity index (χ0v) is 9.85. The summed E-state index contributed by atoms with van der Waals surface area (Å²) in [5, 5.41) is 10.6. The van der Waals surface area contributed by atoms with E-state index >= 15 is 0 Å². The Morgan fingerprint density at radius 3 is 2.47 bits per heavy atom. The molecule has 7 heteroatoms. The quantitative estimate of drug-likeness (QED) is 0.459. The van der Waals surface area contributed by atoms with Gasteiger partial charge in [-0.25, -0.2) is 0 Å². The second kappa shape index (κ2) is 6.55. The van der Waals surface area contributed by atoms with Crippen molar-refractivity contribution in [2.75, 3.05) is 0 Å². The highest BCUT2D eigenvalue weighted by Crippen LogP contribution is 2.24. The van der Waals surface area contributed by atoms with Crippen LogP contribution in [0.5, 0.6) is 0 Å². The van der Waals surface area contributed by atoms with E-state index in [9.17, 15) is 10.1 Å². The van der Waals surface area contributed by atoms with E-state index in [-0.39, 0.29) is 29.5 Å². The van der Waals surface area contributed by atoms with E-state index in [0.29, 0.717) is 16.8 Å². The predicted molar refractivity (Wildman–Crippen MR) is 60.8 cm³/mol. The van der Waals surface area contributed by atoms with E-state index in [1.54, 1.807) is 13.8 Å². The van der Waals surface area contributed by atoms with Gasteiger partial charge in [0.2, 0.25) is 0 Å². The molecule has 0 saturated carbocycles. The molecule has 0 radical (unpaired) electrons. The van der Waals surface area contributed by atoms with Gasteiger partial charge in [-0.15, -0.1) is 24.0 Å². The van der Waals surface area contributed by atoms with Gasteiger partial charge in [-0.1, -0.05) is 0 Å². The summed E-state index contributed by atoms with van der Waals surface area (Å²) in [6.07, 6.45) is 1.48. The largest absolute Gasteiger partial charge is 0.412 e. The molecule has 0 bridgehead atoms. The van der Waals surface area contributed by atoms with Crippen LogP contribution >= 0.6 is 24.0 Å². The average molecular weight is 255 g/mol. The highest BCUT2D eigenvalue weighted by molar-refractivity contribution is 6.17. The number of hydrogen-bond acceptors (Lipinski definition) is 3. The minimum Gasteiger partial charge on any atom is -0.412 e. The van der Waals surface area contributed by atoms with Gasteiger partial charge in [0.15, 0.2) is 0 Å². The lowest BCUT2D eigenvalue weighted by atomic mass is 10.1. The smallest absolute Gasteiger partial charge is 0.278 e. The lowest BCUT2D eigenvalue weighted by Gasteiger charge is -2.03. The van der Waals surface area contributed by atoms with Crippen LogP contribution in [-0.2, 0) is 5.88 Å². The van der Waals surface area contributed by atoms with Crippen molar-refractivity contribution >= 4 is 29.7 Å². The molecule has 0 spiro atoms. The Hall–Kier alpha value is -0.910. The molecule has 0 aliphatic heterocycles. The van der Waals surface area contributed by atoms with Gasteiger partial charge in [0, 0.05) is 17.3 Å². The van der Waals surface area contributed by atoms with E-state index in [0.717, 1.165) is 0 Å². The van der Waals surface area contributed by atoms with Gasteiger partial charge in [0.05, 0.1) is 16.5 Å². The molecule has 1 aromatic heterocycles. The second-order valence-electron chi connectivity index (χ2n) is 2.75. The van der Waals surface area contributed by atoms with Crippen LogP contribution in [0.1, 0.15) is 16.8 Å². The Morgan fingerprint density at radius 1 is 1.53 bits per heavy atom. The number of nitro groups is 1. The van der Waals surface area contributed by atoms with Gasteiger partial charge in [-0.2, -0.15) is 0 Å². The van der Waals surface area contributed by atoms with Gasteiger partial charge in [-0.05, 0) is 13.8 Å². The monoisotopic (exact) mass is 254 g/mol. The van der Waals surface area contributed by atoms with Crippen LogP contribution in [0, 0.1) is 24.0 Å². The van der Waals surface area contributed by atoms with E-state index in [1.807, 2.05) is 0 Å². The van der Waals surface area contributed by atoms with Gasteiger partial charge < -0.3 is 5.48 Å². The zero-order chi connectivity index (χ0) is 10.0. The lowest BCUT2D eigenvalue weighted by molar-refractivity contribution is -0.386. The van der Waals surface area contributed by atoms with Crippen LogP contribution in [-0.4, -0.2) is 15.4 Å². The molecule has 5 nitrogen and oxygen atoms in total. The summed E-state index contributed by atoms with van der Waals surface area (Å²) in [4.78, 5) is 14.2. The third-order valence-electron chi connectivity index (χ3n) is 1.88. The number of pyridine rings is 1. The number of aromatic nitrogens is 1. The first kappa shape index (κ1) is 16.5. The Morgan fingerprint density at radius 2 is 2.07 bits per heavy atom. The molecule has 0 aliphatic rings. The van der Waals surface area contributed by atoms with Crippen molar-refractivity contribution in [2.24, 2.45) is 0 Å². The molecule has 2 N–H and O–H groups in total. The molecule has 1 heterocycles. The lowest BCUT2D eigenvalue weighted by Crippen LogP contribution is -2.00. The minimum absolute atomic E-state index is 0. The Balaban J connectivity index is 0. The fraction of sp³-hybridized carbons (Fsp3) is 0.375. The first-order chi connectivity index (χ1) is 6.07. The van der Waals surface area contributed by atoms with Crippen LogP contribution in [0.15, 0.2) is 6.20 Å². The van der Waals surface area contributed by atoms with Crippen LogP contribution < -0.4 is 0 Å². The van der Waals surface area contributed by atoms with Crippen molar-refractivity contribution in [1.82, 2.24) is 4.98 Å². The Labute approximate surface area is 98.3 Å². The summed E-state index contributed by atoms with van der Waals surface area (Å²) in [7, 11) is 0. The van der Waals surface area contributed by atoms with Crippen molar-refractivity contribution in [1.29, 1.82) is 0 Å². The van der Waals surface area contributed by atoms with E-state index in [2.05, 4.69) is 4.98 Å². The highest BCUT2D eigenvalue weighted by Gasteiger charge is 2.17. The minimum atomic E-state index is -0.400. The van der Waals surface area contributed by atoms with E-state index < -0.39 is 4.92 Å². The number of halogens is 2. The number of hydrogen-bond donors (Lipinski definition) is 0. The molecule has 15 heavy (non-hydrogen) atoms. The normalized spacial score (nSPS) is 8.73. The number of rotatable bonds is 2. The first-order valence-corrected chi connectivity index (χ1v) is 4.26. The molecule has 0 atom stereocenters. The van der Waals surface area contributed by atoms with Crippen LogP contribution in [0.3, 0.4) is 0 Å². The van der Waals surface area contributed by atoms with Gasteiger partial charge >= 0.3 is 0 Å².